The maximum absolute atomic E-state index is 13.4. The fraction of sp³-hybridized carbons (Fsp3) is 0.444. The molecule has 0 radical (unpaired) electrons. The molecule has 0 saturated heterocycles. The topological polar surface area (TPSA) is 97.7 Å². The summed E-state index contributed by atoms with van der Waals surface area (Å²) in [6.45, 7) is 10.3. The van der Waals surface area contributed by atoms with Crippen LogP contribution in [0.5, 0.6) is 0 Å². The molecule has 1 N–H and O–H groups in total. The number of hydrogen-bond acceptors (Lipinski definition) is 6. The summed E-state index contributed by atoms with van der Waals surface area (Å²) in [5.41, 5.74) is 3.10. The number of hydrogen-bond donors (Lipinski definition) is 1. The number of benzene rings is 2. The van der Waals surface area contributed by atoms with Gasteiger partial charge in [-0.2, -0.15) is 0 Å². The molecule has 0 bridgehead atoms. The Morgan fingerprint density at radius 1 is 1.09 bits per heavy atom. The van der Waals surface area contributed by atoms with Crippen molar-refractivity contribution in [1.82, 2.24) is 0 Å². The minimum Gasteiger partial charge on any atom is -0.478 e. The lowest BCUT2D eigenvalue weighted by atomic mass is 9.63. The summed E-state index contributed by atoms with van der Waals surface area (Å²) in [6.07, 6.45) is 2.59. The Balaban J connectivity index is 2.04. The molecule has 1 atom stereocenters. The number of carbonyl (C=O) groups excluding carboxylic acids is 1. The van der Waals surface area contributed by atoms with Gasteiger partial charge in [-0.25, -0.2) is 4.79 Å². The third kappa shape index (κ3) is 5.89. The zero-order valence-corrected chi connectivity index (χ0v) is 21.2. The number of oxime groups is 1. The number of rotatable bonds is 9. The fourth-order valence-electron chi connectivity index (χ4n) is 4.32. The van der Waals surface area contributed by atoms with E-state index in [-0.39, 0.29) is 28.9 Å². The number of methoxy groups -OCH3 is 1. The number of para-hydroxylation sites is 1. The maximum Gasteiger partial charge on any atom is 0.337 e. The van der Waals surface area contributed by atoms with Crippen molar-refractivity contribution in [2.45, 2.75) is 64.6 Å². The van der Waals surface area contributed by atoms with Crippen LogP contribution >= 0.6 is 0 Å². The molecular weight excluding hydrogens is 448 g/mol. The first-order valence-corrected chi connectivity index (χ1v) is 11.6. The molecule has 2 aromatic carbocycles. The van der Waals surface area contributed by atoms with Gasteiger partial charge in [0, 0.05) is 12.8 Å². The lowest BCUT2D eigenvalue weighted by Gasteiger charge is -2.42. The molecule has 1 aliphatic carbocycles. The van der Waals surface area contributed by atoms with E-state index in [9.17, 15) is 14.7 Å². The third-order valence-electron chi connectivity index (χ3n) is 6.62. The minimum absolute atomic E-state index is 0.00438. The van der Waals surface area contributed by atoms with Gasteiger partial charge in [-0.1, -0.05) is 51.0 Å². The van der Waals surface area contributed by atoms with Crippen molar-refractivity contribution in [2.75, 3.05) is 18.8 Å². The second kappa shape index (κ2) is 10.6. The standard InChI is InChI=1S/C27H34N2O6/c1-18(33-6)34-17-35-28-16-24(30)29(23-10-8-7-9-20(23)25(31)32)19-11-12-21-22(15-19)27(4,5)14-13-26(21,2)3/h7-12,15-16,18H,13-14,17H2,1-6H3,(H,31,32). The van der Waals surface area contributed by atoms with E-state index in [2.05, 4.69) is 32.9 Å². The Morgan fingerprint density at radius 2 is 1.74 bits per heavy atom. The number of aromatic carboxylic acids is 1. The summed E-state index contributed by atoms with van der Waals surface area (Å²) in [5.74, 6) is -1.68. The highest BCUT2D eigenvalue weighted by molar-refractivity contribution is 6.35. The molecule has 0 spiro atoms. The third-order valence-corrected chi connectivity index (χ3v) is 6.62. The van der Waals surface area contributed by atoms with Gasteiger partial charge in [0.15, 0.2) is 6.29 Å². The van der Waals surface area contributed by atoms with E-state index in [4.69, 9.17) is 14.3 Å². The predicted octanol–water partition coefficient (Wildman–Crippen LogP) is 5.37. The number of carboxylic acids is 1. The molecule has 1 aliphatic rings. The molecule has 3 rings (SSSR count). The van der Waals surface area contributed by atoms with Gasteiger partial charge < -0.3 is 19.4 Å². The zero-order valence-electron chi connectivity index (χ0n) is 21.2. The zero-order chi connectivity index (χ0) is 25.8. The minimum atomic E-state index is -1.13. The second-order valence-corrected chi connectivity index (χ2v) is 9.95. The van der Waals surface area contributed by atoms with Crippen LogP contribution in [0.3, 0.4) is 0 Å². The highest BCUT2D eigenvalue weighted by atomic mass is 16.8. The van der Waals surface area contributed by atoms with Crippen molar-refractivity contribution in [3.63, 3.8) is 0 Å². The van der Waals surface area contributed by atoms with Crippen LogP contribution < -0.4 is 4.90 Å². The van der Waals surface area contributed by atoms with Gasteiger partial charge in [0.25, 0.3) is 5.91 Å². The van der Waals surface area contributed by atoms with Crippen LogP contribution in [-0.2, 0) is 29.9 Å². The van der Waals surface area contributed by atoms with Crippen LogP contribution in [0, 0.1) is 0 Å². The number of anilines is 2. The second-order valence-electron chi connectivity index (χ2n) is 9.95. The quantitative estimate of drug-likeness (QED) is 0.223. The Hall–Kier alpha value is -3.23. The molecule has 0 aromatic heterocycles. The van der Waals surface area contributed by atoms with Gasteiger partial charge in [0.2, 0.25) is 6.79 Å². The van der Waals surface area contributed by atoms with Gasteiger partial charge in [-0.3, -0.25) is 9.69 Å². The number of nitrogens with zero attached hydrogens (tertiary/aromatic N) is 2. The van der Waals surface area contributed by atoms with Crippen LogP contribution in [-0.4, -0.2) is 43.4 Å². The molecule has 0 aliphatic heterocycles. The summed E-state index contributed by atoms with van der Waals surface area (Å²) >= 11 is 0. The largest absolute Gasteiger partial charge is 0.478 e. The summed E-state index contributed by atoms with van der Waals surface area (Å²) in [4.78, 5) is 31.7. The maximum atomic E-state index is 13.4. The lowest BCUT2D eigenvalue weighted by Crippen LogP contribution is -2.35. The van der Waals surface area contributed by atoms with E-state index in [0.717, 1.165) is 24.6 Å². The van der Waals surface area contributed by atoms with E-state index < -0.39 is 18.2 Å². The molecule has 1 unspecified atom stereocenters. The van der Waals surface area contributed by atoms with Gasteiger partial charge in [0.05, 0.1) is 11.3 Å². The summed E-state index contributed by atoms with van der Waals surface area (Å²) in [5, 5.41) is 13.5. The van der Waals surface area contributed by atoms with Crippen LogP contribution in [0.4, 0.5) is 11.4 Å². The highest BCUT2D eigenvalue weighted by Gasteiger charge is 2.37. The molecule has 1 amide bonds. The first-order chi connectivity index (χ1) is 16.5. The first-order valence-electron chi connectivity index (χ1n) is 11.6. The number of ether oxygens (including phenoxy) is 2. The monoisotopic (exact) mass is 482 g/mol. The average Bonchev–Trinajstić information content (AvgIpc) is 2.82. The van der Waals surface area contributed by atoms with Crippen molar-refractivity contribution in [1.29, 1.82) is 0 Å². The van der Waals surface area contributed by atoms with Gasteiger partial charge in [-0.15, -0.1) is 0 Å². The lowest BCUT2D eigenvalue weighted by molar-refractivity contribution is -0.174. The van der Waals surface area contributed by atoms with Crippen molar-refractivity contribution in [2.24, 2.45) is 5.16 Å². The van der Waals surface area contributed by atoms with E-state index in [0.29, 0.717) is 5.69 Å². The van der Waals surface area contributed by atoms with E-state index in [1.54, 1.807) is 25.1 Å². The number of fused-ring (bicyclic) bond motifs is 1. The summed E-state index contributed by atoms with van der Waals surface area (Å²) in [6, 6.07) is 12.3. The van der Waals surface area contributed by atoms with E-state index in [1.807, 2.05) is 18.2 Å². The van der Waals surface area contributed by atoms with Crippen LogP contribution in [0.2, 0.25) is 0 Å². The molecule has 35 heavy (non-hydrogen) atoms. The van der Waals surface area contributed by atoms with Gasteiger partial charge in [0.1, 0.15) is 6.21 Å². The number of carbonyl (C=O) groups is 2. The van der Waals surface area contributed by atoms with Gasteiger partial charge >= 0.3 is 5.97 Å². The molecular formula is C27H34N2O6. The van der Waals surface area contributed by atoms with Crippen molar-refractivity contribution < 1.29 is 29.0 Å². The molecule has 188 valence electrons. The fourth-order valence-corrected chi connectivity index (χ4v) is 4.32. The van der Waals surface area contributed by atoms with Gasteiger partial charge in [-0.05, 0) is 66.0 Å². The van der Waals surface area contributed by atoms with E-state index in [1.165, 1.54) is 23.6 Å². The number of carboxylic acid groups (broad SMARTS) is 1. The predicted molar refractivity (Wildman–Crippen MR) is 134 cm³/mol. The van der Waals surface area contributed by atoms with E-state index >= 15 is 0 Å². The SMILES string of the molecule is COC(C)OCON=CC(=O)N(c1ccc2c(c1)C(C)(C)CCC2(C)C)c1ccccc1C(=O)O. The average molecular weight is 483 g/mol. The molecule has 0 saturated carbocycles. The first kappa shape index (κ1) is 26.4. The normalized spacial score (nSPS) is 17.0. The van der Waals surface area contributed by atoms with Crippen LogP contribution in [0.25, 0.3) is 0 Å². The Bertz CT molecular complexity index is 1110. The Morgan fingerprint density at radius 3 is 2.40 bits per heavy atom. The molecule has 0 fully saturated rings. The number of amides is 1. The van der Waals surface area contributed by atoms with Crippen molar-refractivity contribution in [3.05, 3.63) is 59.2 Å². The Kier molecular flexibility index (Phi) is 7.97. The molecule has 8 heteroatoms. The Labute approximate surface area is 206 Å². The van der Waals surface area contributed by atoms with Crippen LogP contribution in [0.15, 0.2) is 47.6 Å². The molecule has 0 heterocycles. The smallest absolute Gasteiger partial charge is 0.337 e. The van der Waals surface area contributed by atoms with Crippen LogP contribution in [0.1, 0.15) is 68.9 Å². The van der Waals surface area contributed by atoms with Crippen molar-refractivity contribution >= 4 is 29.5 Å². The van der Waals surface area contributed by atoms with Crippen molar-refractivity contribution in [3.8, 4) is 0 Å². The molecule has 2 aromatic rings. The summed E-state index contributed by atoms with van der Waals surface area (Å²) < 4.78 is 10.2. The summed E-state index contributed by atoms with van der Waals surface area (Å²) in [7, 11) is 1.50. The molecule has 8 nitrogen and oxygen atoms in total. The highest BCUT2D eigenvalue weighted by Crippen LogP contribution is 2.47.